The van der Waals surface area contributed by atoms with E-state index in [9.17, 15) is 0 Å². The summed E-state index contributed by atoms with van der Waals surface area (Å²) in [7, 11) is 0. The van der Waals surface area contributed by atoms with Crippen molar-refractivity contribution in [3.63, 3.8) is 0 Å². The third-order valence-electron chi connectivity index (χ3n) is 4.38. The first-order valence-corrected chi connectivity index (χ1v) is 7.67. The molecule has 0 aliphatic heterocycles. The maximum absolute atomic E-state index is 8.82. The molecule has 1 N–H and O–H groups in total. The van der Waals surface area contributed by atoms with E-state index in [0.29, 0.717) is 17.5 Å². The van der Waals surface area contributed by atoms with Crippen molar-refractivity contribution >= 4 is 5.69 Å². The number of nitriles is 1. The molecule has 21 heavy (non-hydrogen) atoms. The second-order valence-electron chi connectivity index (χ2n) is 5.79. The van der Waals surface area contributed by atoms with Crippen molar-refractivity contribution in [3.8, 4) is 6.07 Å². The van der Waals surface area contributed by atoms with Gasteiger partial charge in [-0.2, -0.15) is 5.26 Å². The zero-order chi connectivity index (χ0) is 14.5. The molecule has 1 aliphatic carbocycles. The molecule has 2 nitrogen and oxygen atoms in total. The van der Waals surface area contributed by atoms with Crippen LogP contribution in [0.15, 0.2) is 54.6 Å². The minimum absolute atomic E-state index is 0.554. The van der Waals surface area contributed by atoms with Crippen molar-refractivity contribution in [2.75, 3.05) is 5.32 Å². The van der Waals surface area contributed by atoms with Crippen LogP contribution in [0, 0.1) is 11.3 Å². The van der Waals surface area contributed by atoms with Crippen molar-refractivity contribution < 1.29 is 0 Å². The molecule has 3 rings (SSSR count). The van der Waals surface area contributed by atoms with Gasteiger partial charge in [-0.25, -0.2) is 0 Å². The molecule has 1 saturated carbocycles. The first kappa shape index (κ1) is 13.7. The summed E-state index contributed by atoms with van der Waals surface area (Å²) in [6.45, 7) is 0. The van der Waals surface area contributed by atoms with Gasteiger partial charge in [-0.15, -0.1) is 0 Å². The van der Waals surface area contributed by atoms with Crippen molar-refractivity contribution in [2.45, 2.75) is 37.6 Å². The molecule has 0 unspecified atom stereocenters. The monoisotopic (exact) mass is 276 g/mol. The van der Waals surface area contributed by atoms with Crippen LogP contribution >= 0.6 is 0 Å². The molecule has 2 aromatic rings. The van der Waals surface area contributed by atoms with Gasteiger partial charge in [0.05, 0.1) is 11.6 Å². The Bertz CT molecular complexity index is 602. The Morgan fingerprint density at radius 1 is 0.857 bits per heavy atom. The fourth-order valence-electron chi connectivity index (χ4n) is 3.17. The Labute approximate surface area is 126 Å². The highest BCUT2D eigenvalue weighted by molar-refractivity contribution is 5.47. The average Bonchev–Trinajstić information content (AvgIpc) is 2.57. The summed E-state index contributed by atoms with van der Waals surface area (Å²) in [5, 5.41) is 12.4. The van der Waals surface area contributed by atoms with Gasteiger partial charge >= 0.3 is 0 Å². The molecule has 0 aromatic heterocycles. The highest BCUT2D eigenvalue weighted by Gasteiger charge is 2.21. The SMILES string of the molecule is N#Cc1ccc(NC2CCC(c3ccccc3)CC2)cc1. The molecule has 0 amide bonds. The van der Waals surface area contributed by atoms with Crippen molar-refractivity contribution in [2.24, 2.45) is 0 Å². The van der Waals surface area contributed by atoms with Gasteiger partial charge in [0.1, 0.15) is 0 Å². The van der Waals surface area contributed by atoms with E-state index >= 15 is 0 Å². The normalized spacial score (nSPS) is 21.5. The second-order valence-corrected chi connectivity index (χ2v) is 5.79. The minimum atomic E-state index is 0.554. The molecule has 0 bridgehead atoms. The maximum atomic E-state index is 8.82. The van der Waals surface area contributed by atoms with Crippen LogP contribution in [-0.2, 0) is 0 Å². The zero-order valence-corrected chi connectivity index (χ0v) is 12.1. The first-order chi connectivity index (χ1) is 10.3. The summed E-state index contributed by atoms with van der Waals surface area (Å²) in [5.41, 5.74) is 3.32. The van der Waals surface area contributed by atoms with Crippen LogP contribution in [0.4, 0.5) is 5.69 Å². The van der Waals surface area contributed by atoms with Gasteiger partial charge in [-0.05, 0) is 61.4 Å². The highest BCUT2D eigenvalue weighted by Crippen LogP contribution is 2.33. The number of rotatable bonds is 3. The molecular formula is C19H20N2. The van der Waals surface area contributed by atoms with E-state index < -0.39 is 0 Å². The molecular weight excluding hydrogens is 256 g/mol. The number of benzene rings is 2. The van der Waals surface area contributed by atoms with Gasteiger partial charge in [0.2, 0.25) is 0 Å². The van der Waals surface area contributed by atoms with Crippen LogP contribution in [0.3, 0.4) is 0 Å². The standard InChI is InChI=1S/C19H20N2/c20-14-15-6-10-18(11-7-15)21-19-12-8-17(9-13-19)16-4-2-1-3-5-16/h1-7,10-11,17,19,21H,8-9,12-13H2. The molecule has 0 heterocycles. The van der Waals surface area contributed by atoms with Crippen LogP contribution in [-0.4, -0.2) is 6.04 Å². The zero-order valence-electron chi connectivity index (χ0n) is 12.1. The third-order valence-corrected chi connectivity index (χ3v) is 4.38. The summed E-state index contributed by atoms with van der Waals surface area (Å²) in [6, 6.07) is 21.3. The summed E-state index contributed by atoms with van der Waals surface area (Å²) >= 11 is 0. The molecule has 106 valence electrons. The van der Waals surface area contributed by atoms with Crippen molar-refractivity contribution in [1.82, 2.24) is 0 Å². The molecule has 0 spiro atoms. The molecule has 0 atom stereocenters. The van der Waals surface area contributed by atoms with E-state index in [1.165, 1.54) is 31.2 Å². The van der Waals surface area contributed by atoms with E-state index in [2.05, 4.69) is 41.7 Å². The number of hydrogen-bond donors (Lipinski definition) is 1. The summed E-state index contributed by atoms with van der Waals surface area (Å²) in [5.74, 6) is 0.713. The summed E-state index contributed by atoms with van der Waals surface area (Å²) < 4.78 is 0. The first-order valence-electron chi connectivity index (χ1n) is 7.67. The van der Waals surface area contributed by atoms with Gasteiger partial charge in [-0.3, -0.25) is 0 Å². The number of anilines is 1. The number of nitrogens with zero attached hydrogens (tertiary/aromatic N) is 1. The lowest BCUT2D eigenvalue weighted by Gasteiger charge is -2.30. The van der Waals surface area contributed by atoms with Gasteiger partial charge in [0, 0.05) is 11.7 Å². The Hall–Kier alpha value is -2.27. The number of nitrogens with one attached hydrogen (secondary N) is 1. The van der Waals surface area contributed by atoms with Crippen LogP contribution < -0.4 is 5.32 Å². The smallest absolute Gasteiger partial charge is 0.0991 e. The number of hydrogen-bond acceptors (Lipinski definition) is 2. The van der Waals surface area contributed by atoms with Crippen LogP contribution in [0.25, 0.3) is 0 Å². The molecule has 2 heteroatoms. The lowest BCUT2D eigenvalue weighted by molar-refractivity contribution is 0.412. The van der Waals surface area contributed by atoms with Gasteiger partial charge in [0.25, 0.3) is 0 Å². The Kier molecular flexibility index (Phi) is 4.21. The van der Waals surface area contributed by atoms with Gasteiger partial charge in [0.15, 0.2) is 0 Å². The fourth-order valence-corrected chi connectivity index (χ4v) is 3.17. The fraction of sp³-hybridized carbons (Fsp3) is 0.316. The van der Waals surface area contributed by atoms with Gasteiger partial charge in [-0.1, -0.05) is 30.3 Å². The Morgan fingerprint density at radius 3 is 2.14 bits per heavy atom. The predicted molar refractivity (Wildman–Crippen MR) is 86.2 cm³/mol. The lowest BCUT2D eigenvalue weighted by atomic mass is 9.82. The predicted octanol–water partition coefficient (Wildman–Crippen LogP) is 4.70. The van der Waals surface area contributed by atoms with Gasteiger partial charge < -0.3 is 5.32 Å². The maximum Gasteiger partial charge on any atom is 0.0991 e. The molecule has 0 saturated heterocycles. The quantitative estimate of drug-likeness (QED) is 0.882. The molecule has 2 aromatic carbocycles. The minimum Gasteiger partial charge on any atom is -0.382 e. The summed E-state index contributed by atoms with van der Waals surface area (Å²) in [6.07, 6.45) is 4.91. The van der Waals surface area contributed by atoms with Crippen LogP contribution in [0.2, 0.25) is 0 Å². The molecule has 0 radical (unpaired) electrons. The van der Waals surface area contributed by atoms with Crippen LogP contribution in [0.1, 0.15) is 42.7 Å². The van der Waals surface area contributed by atoms with E-state index in [4.69, 9.17) is 5.26 Å². The topological polar surface area (TPSA) is 35.8 Å². The lowest BCUT2D eigenvalue weighted by Crippen LogP contribution is -2.25. The largest absolute Gasteiger partial charge is 0.382 e. The van der Waals surface area contributed by atoms with E-state index in [-0.39, 0.29) is 0 Å². The van der Waals surface area contributed by atoms with Crippen LogP contribution in [0.5, 0.6) is 0 Å². The Balaban J connectivity index is 1.55. The van der Waals surface area contributed by atoms with E-state index in [0.717, 1.165) is 5.69 Å². The highest BCUT2D eigenvalue weighted by atomic mass is 14.9. The van der Waals surface area contributed by atoms with Crippen molar-refractivity contribution in [3.05, 3.63) is 65.7 Å². The van der Waals surface area contributed by atoms with E-state index in [1.54, 1.807) is 0 Å². The average molecular weight is 276 g/mol. The molecule has 1 aliphatic rings. The summed E-state index contributed by atoms with van der Waals surface area (Å²) in [4.78, 5) is 0. The Morgan fingerprint density at radius 2 is 1.52 bits per heavy atom. The van der Waals surface area contributed by atoms with Crippen molar-refractivity contribution in [1.29, 1.82) is 5.26 Å². The molecule has 1 fully saturated rings. The second kappa shape index (κ2) is 6.45. The van der Waals surface area contributed by atoms with E-state index in [1.807, 2.05) is 24.3 Å². The third kappa shape index (κ3) is 3.44.